The molecule has 136 valence electrons. The highest BCUT2D eigenvalue weighted by Gasteiger charge is 2.24. The second kappa shape index (κ2) is 8.20. The molecule has 0 saturated carbocycles. The maximum Gasteiger partial charge on any atom is 0.236 e. The number of benzene rings is 1. The number of rotatable bonds is 5. The standard InChI is InChI=1S/C18H26N4O3/c1-25-17-4-2-16(3-5-17)21-10-12-22(13-11-21)18(24)14-19-6-8-20(15-23)9-7-19/h2-5,15H,6-14H2,1H3. The Morgan fingerprint density at radius 3 is 2.20 bits per heavy atom. The van der Waals surface area contributed by atoms with Crippen molar-refractivity contribution in [3.8, 4) is 5.75 Å². The SMILES string of the molecule is COc1ccc(N2CCN(C(=O)CN3CCN(C=O)CC3)CC2)cc1. The fourth-order valence-corrected chi connectivity index (χ4v) is 3.33. The Morgan fingerprint density at radius 1 is 1.00 bits per heavy atom. The second-order valence-corrected chi connectivity index (χ2v) is 6.48. The van der Waals surface area contributed by atoms with Crippen molar-refractivity contribution >= 4 is 18.0 Å². The maximum absolute atomic E-state index is 12.5. The van der Waals surface area contributed by atoms with Gasteiger partial charge >= 0.3 is 0 Å². The largest absolute Gasteiger partial charge is 0.497 e. The predicted octanol–water partition coefficient (Wildman–Crippen LogP) is 0.118. The van der Waals surface area contributed by atoms with Crippen LogP contribution in [0.15, 0.2) is 24.3 Å². The number of hydrogen-bond donors (Lipinski definition) is 0. The van der Waals surface area contributed by atoms with Crippen molar-refractivity contribution in [2.45, 2.75) is 0 Å². The van der Waals surface area contributed by atoms with Gasteiger partial charge in [0.1, 0.15) is 5.75 Å². The van der Waals surface area contributed by atoms with Crippen molar-refractivity contribution in [3.63, 3.8) is 0 Å². The molecule has 25 heavy (non-hydrogen) atoms. The number of methoxy groups -OCH3 is 1. The smallest absolute Gasteiger partial charge is 0.236 e. The molecule has 0 bridgehead atoms. The molecule has 0 spiro atoms. The molecule has 3 rings (SSSR count). The van der Waals surface area contributed by atoms with E-state index in [1.807, 2.05) is 17.0 Å². The zero-order valence-corrected chi connectivity index (χ0v) is 14.8. The monoisotopic (exact) mass is 346 g/mol. The minimum absolute atomic E-state index is 0.189. The molecule has 0 aliphatic carbocycles. The van der Waals surface area contributed by atoms with Gasteiger partial charge in [-0.3, -0.25) is 14.5 Å². The molecular formula is C18H26N4O3. The van der Waals surface area contributed by atoms with Crippen LogP contribution in [-0.2, 0) is 9.59 Å². The molecule has 7 heteroatoms. The lowest BCUT2D eigenvalue weighted by Crippen LogP contribution is -2.53. The normalized spacial score (nSPS) is 19.0. The van der Waals surface area contributed by atoms with E-state index < -0.39 is 0 Å². The first-order chi connectivity index (χ1) is 12.2. The van der Waals surface area contributed by atoms with E-state index in [1.165, 1.54) is 0 Å². The van der Waals surface area contributed by atoms with E-state index in [1.54, 1.807) is 12.0 Å². The second-order valence-electron chi connectivity index (χ2n) is 6.48. The molecule has 1 aromatic rings. The number of piperazine rings is 2. The summed E-state index contributed by atoms with van der Waals surface area (Å²) in [5, 5.41) is 0. The molecule has 0 N–H and O–H groups in total. The number of amides is 2. The molecule has 2 amide bonds. The molecule has 7 nitrogen and oxygen atoms in total. The number of nitrogens with zero attached hydrogens (tertiary/aromatic N) is 4. The van der Waals surface area contributed by atoms with Gasteiger partial charge in [0.25, 0.3) is 0 Å². The first-order valence-corrected chi connectivity index (χ1v) is 8.78. The van der Waals surface area contributed by atoms with Crippen molar-refractivity contribution in [1.29, 1.82) is 0 Å². The molecule has 2 fully saturated rings. The Morgan fingerprint density at radius 2 is 1.64 bits per heavy atom. The lowest BCUT2D eigenvalue weighted by molar-refractivity contribution is -0.133. The van der Waals surface area contributed by atoms with E-state index in [0.717, 1.165) is 57.1 Å². The fraction of sp³-hybridized carbons (Fsp3) is 0.556. The third-order valence-corrected chi connectivity index (χ3v) is 4.98. The quantitative estimate of drug-likeness (QED) is 0.709. The van der Waals surface area contributed by atoms with E-state index in [-0.39, 0.29) is 5.91 Å². The van der Waals surface area contributed by atoms with E-state index >= 15 is 0 Å². The molecule has 0 aromatic heterocycles. The van der Waals surface area contributed by atoms with Crippen LogP contribution >= 0.6 is 0 Å². The minimum atomic E-state index is 0.189. The molecule has 0 unspecified atom stereocenters. The van der Waals surface area contributed by atoms with Crippen LogP contribution in [0, 0.1) is 0 Å². The summed E-state index contributed by atoms with van der Waals surface area (Å²) >= 11 is 0. The summed E-state index contributed by atoms with van der Waals surface area (Å²) in [5.74, 6) is 1.04. The molecule has 2 heterocycles. The Kier molecular flexibility index (Phi) is 5.75. The zero-order valence-electron chi connectivity index (χ0n) is 14.8. The molecule has 2 saturated heterocycles. The number of carbonyl (C=O) groups excluding carboxylic acids is 2. The highest BCUT2D eigenvalue weighted by Crippen LogP contribution is 2.20. The van der Waals surface area contributed by atoms with Crippen LogP contribution in [0.2, 0.25) is 0 Å². The van der Waals surface area contributed by atoms with Gasteiger partial charge in [-0.15, -0.1) is 0 Å². The summed E-state index contributed by atoms with van der Waals surface area (Å²) < 4.78 is 5.19. The average molecular weight is 346 g/mol. The molecule has 1 aromatic carbocycles. The van der Waals surface area contributed by atoms with Gasteiger partial charge in [0.2, 0.25) is 12.3 Å². The van der Waals surface area contributed by atoms with E-state index in [4.69, 9.17) is 4.74 Å². The van der Waals surface area contributed by atoms with Gasteiger partial charge in [0.05, 0.1) is 13.7 Å². The van der Waals surface area contributed by atoms with Crippen LogP contribution in [0.25, 0.3) is 0 Å². The maximum atomic E-state index is 12.5. The Hall–Kier alpha value is -2.28. The highest BCUT2D eigenvalue weighted by atomic mass is 16.5. The van der Waals surface area contributed by atoms with Crippen molar-refractivity contribution < 1.29 is 14.3 Å². The van der Waals surface area contributed by atoms with Crippen LogP contribution in [0.3, 0.4) is 0 Å². The van der Waals surface area contributed by atoms with Crippen molar-refractivity contribution in [3.05, 3.63) is 24.3 Å². The van der Waals surface area contributed by atoms with Gasteiger partial charge in [-0.05, 0) is 24.3 Å². The van der Waals surface area contributed by atoms with Crippen molar-refractivity contribution in [2.75, 3.05) is 70.9 Å². The minimum Gasteiger partial charge on any atom is -0.497 e. The van der Waals surface area contributed by atoms with Gasteiger partial charge in [0.15, 0.2) is 0 Å². The summed E-state index contributed by atoms with van der Waals surface area (Å²) in [5.41, 5.74) is 1.16. The Balaban J connectivity index is 1.45. The number of ether oxygens (including phenoxy) is 1. The highest BCUT2D eigenvalue weighted by molar-refractivity contribution is 5.78. The first kappa shape index (κ1) is 17.5. The predicted molar refractivity (Wildman–Crippen MR) is 95.9 cm³/mol. The van der Waals surface area contributed by atoms with Crippen LogP contribution in [-0.4, -0.2) is 93.0 Å². The van der Waals surface area contributed by atoms with Crippen molar-refractivity contribution in [1.82, 2.24) is 14.7 Å². The summed E-state index contributed by atoms with van der Waals surface area (Å²) in [6, 6.07) is 8.04. The van der Waals surface area contributed by atoms with Crippen LogP contribution < -0.4 is 9.64 Å². The van der Waals surface area contributed by atoms with Gasteiger partial charge in [-0.2, -0.15) is 0 Å². The molecule has 2 aliphatic rings. The lowest BCUT2D eigenvalue weighted by Gasteiger charge is -2.38. The van der Waals surface area contributed by atoms with Crippen molar-refractivity contribution in [2.24, 2.45) is 0 Å². The third-order valence-electron chi connectivity index (χ3n) is 4.98. The number of carbonyl (C=O) groups is 2. The Bertz CT molecular complexity index is 576. The van der Waals surface area contributed by atoms with E-state index in [2.05, 4.69) is 21.9 Å². The summed E-state index contributed by atoms with van der Waals surface area (Å²) in [7, 11) is 1.66. The molecule has 0 radical (unpaired) electrons. The van der Waals surface area contributed by atoms with Gasteiger partial charge in [-0.25, -0.2) is 0 Å². The van der Waals surface area contributed by atoms with Crippen LogP contribution in [0.5, 0.6) is 5.75 Å². The van der Waals surface area contributed by atoms with E-state index in [9.17, 15) is 9.59 Å². The lowest BCUT2D eigenvalue weighted by atomic mass is 10.2. The summed E-state index contributed by atoms with van der Waals surface area (Å²) in [4.78, 5) is 31.4. The van der Waals surface area contributed by atoms with Gasteiger partial charge in [-0.1, -0.05) is 0 Å². The summed E-state index contributed by atoms with van der Waals surface area (Å²) in [6.45, 7) is 6.61. The fourth-order valence-electron chi connectivity index (χ4n) is 3.33. The first-order valence-electron chi connectivity index (χ1n) is 8.78. The zero-order chi connectivity index (χ0) is 17.6. The van der Waals surface area contributed by atoms with E-state index in [0.29, 0.717) is 19.6 Å². The average Bonchev–Trinajstić information content (AvgIpc) is 2.69. The van der Waals surface area contributed by atoms with Gasteiger partial charge in [0, 0.05) is 58.0 Å². The van der Waals surface area contributed by atoms with Crippen LogP contribution in [0.1, 0.15) is 0 Å². The summed E-state index contributed by atoms with van der Waals surface area (Å²) in [6.07, 6.45) is 0.886. The number of hydrogen-bond acceptors (Lipinski definition) is 5. The molecular weight excluding hydrogens is 320 g/mol. The number of anilines is 1. The Labute approximate surface area is 148 Å². The van der Waals surface area contributed by atoms with Gasteiger partial charge < -0.3 is 19.4 Å². The van der Waals surface area contributed by atoms with Crippen LogP contribution in [0.4, 0.5) is 5.69 Å². The third kappa shape index (κ3) is 4.42. The molecule has 0 atom stereocenters. The topological polar surface area (TPSA) is 56.3 Å². The molecule has 2 aliphatic heterocycles.